The van der Waals surface area contributed by atoms with E-state index in [0.717, 1.165) is 5.56 Å². The van der Waals surface area contributed by atoms with Crippen LogP contribution in [0.4, 0.5) is 0 Å². The largest absolute Gasteiger partial charge is 0.488 e. The lowest BCUT2D eigenvalue weighted by molar-refractivity contribution is 0.304. The summed E-state index contributed by atoms with van der Waals surface area (Å²) < 4.78 is 5.67. The van der Waals surface area contributed by atoms with Gasteiger partial charge in [-0.15, -0.1) is 0 Å². The van der Waals surface area contributed by atoms with Crippen molar-refractivity contribution in [1.82, 2.24) is 0 Å². The zero-order valence-corrected chi connectivity index (χ0v) is 11.4. The molecule has 0 spiro atoms. The molecule has 0 radical (unpaired) electrons. The number of ether oxygens (including phenoxy) is 1. The van der Waals surface area contributed by atoms with E-state index in [0.29, 0.717) is 28.0 Å². The molecule has 98 valence electrons. The topological polar surface area (TPSA) is 41.8 Å². The standard InChI is InChI=1S/C14H11Cl2NO2/c15-12-3-1-10(2-4-12)9-19-14-6-5-13(16)7-11(14)8-17-18/h1-8,18H,9H2. The first-order valence-corrected chi connectivity index (χ1v) is 6.29. The SMILES string of the molecule is ON=Cc1cc(Cl)ccc1OCc1ccc(Cl)cc1. The zero-order chi connectivity index (χ0) is 13.7. The van der Waals surface area contributed by atoms with E-state index in [1.165, 1.54) is 6.21 Å². The van der Waals surface area contributed by atoms with Gasteiger partial charge in [-0.3, -0.25) is 0 Å². The van der Waals surface area contributed by atoms with Crippen LogP contribution < -0.4 is 4.74 Å². The van der Waals surface area contributed by atoms with Gasteiger partial charge in [0, 0.05) is 15.6 Å². The molecule has 0 saturated heterocycles. The normalized spacial score (nSPS) is 10.8. The van der Waals surface area contributed by atoms with Crippen LogP contribution >= 0.6 is 23.2 Å². The van der Waals surface area contributed by atoms with Gasteiger partial charge in [-0.2, -0.15) is 0 Å². The third-order valence-electron chi connectivity index (χ3n) is 2.48. The summed E-state index contributed by atoms with van der Waals surface area (Å²) in [5.41, 5.74) is 1.61. The van der Waals surface area contributed by atoms with Crippen LogP contribution in [0.5, 0.6) is 5.75 Å². The number of oxime groups is 1. The van der Waals surface area contributed by atoms with Crippen LogP contribution in [0.1, 0.15) is 11.1 Å². The summed E-state index contributed by atoms with van der Waals surface area (Å²) >= 11 is 11.7. The Hall–Kier alpha value is -1.71. The first kappa shape index (κ1) is 13.7. The highest BCUT2D eigenvalue weighted by Gasteiger charge is 2.04. The smallest absolute Gasteiger partial charge is 0.128 e. The molecule has 0 aliphatic heterocycles. The van der Waals surface area contributed by atoms with Gasteiger partial charge in [-0.05, 0) is 35.9 Å². The van der Waals surface area contributed by atoms with Crippen LogP contribution in [0, 0.1) is 0 Å². The monoisotopic (exact) mass is 295 g/mol. The number of hydrogen-bond donors (Lipinski definition) is 1. The maximum atomic E-state index is 8.61. The molecule has 0 fully saturated rings. The highest BCUT2D eigenvalue weighted by atomic mass is 35.5. The average Bonchev–Trinajstić information content (AvgIpc) is 2.40. The van der Waals surface area contributed by atoms with Crippen molar-refractivity contribution in [3.05, 3.63) is 63.6 Å². The molecule has 0 aliphatic carbocycles. The van der Waals surface area contributed by atoms with Gasteiger partial charge in [-0.25, -0.2) is 0 Å². The van der Waals surface area contributed by atoms with Gasteiger partial charge in [0.25, 0.3) is 0 Å². The third kappa shape index (κ3) is 3.88. The van der Waals surface area contributed by atoms with Crippen molar-refractivity contribution in [3.63, 3.8) is 0 Å². The van der Waals surface area contributed by atoms with Crippen molar-refractivity contribution in [2.75, 3.05) is 0 Å². The zero-order valence-electron chi connectivity index (χ0n) is 9.88. The minimum atomic E-state index is 0.394. The van der Waals surface area contributed by atoms with Gasteiger partial charge in [-0.1, -0.05) is 40.5 Å². The summed E-state index contributed by atoms with van der Waals surface area (Å²) in [6, 6.07) is 12.5. The van der Waals surface area contributed by atoms with E-state index in [1.807, 2.05) is 12.1 Å². The van der Waals surface area contributed by atoms with E-state index in [4.69, 9.17) is 33.1 Å². The van der Waals surface area contributed by atoms with Gasteiger partial charge in [0.05, 0.1) is 6.21 Å². The van der Waals surface area contributed by atoms with Gasteiger partial charge in [0.15, 0.2) is 0 Å². The Bertz CT molecular complexity index is 582. The van der Waals surface area contributed by atoms with Crippen LogP contribution in [-0.4, -0.2) is 11.4 Å². The van der Waals surface area contributed by atoms with Gasteiger partial charge < -0.3 is 9.94 Å². The van der Waals surface area contributed by atoms with Crippen LogP contribution in [0.25, 0.3) is 0 Å². The molecule has 1 N–H and O–H groups in total. The highest BCUT2D eigenvalue weighted by molar-refractivity contribution is 6.31. The number of hydrogen-bond acceptors (Lipinski definition) is 3. The second-order valence-corrected chi connectivity index (χ2v) is 4.71. The fourth-order valence-corrected chi connectivity index (χ4v) is 1.86. The fourth-order valence-electron chi connectivity index (χ4n) is 1.56. The van der Waals surface area contributed by atoms with Crippen LogP contribution in [0.2, 0.25) is 10.0 Å². The first-order valence-electron chi connectivity index (χ1n) is 5.53. The van der Waals surface area contributed by atoms with Crippen molar-refractivity contribution in [2.45, 2.75) is 6.61 Å². The quantitative estimate of drug-likeness (QED) is 0.517. The van der Waals surface area contributed by atoms with Crippen molar-refractivity contribution in [3.8, 4) is 5.75 Å². The lowest BCUT2D eigenvalue weighted by Gasteiger charge is -2.09. The molecule has 19 heavy (non-hydrogen) atoms. The molecule has 2 rings (SSSR count). The molecule has 0 aromatic heterocycles. The number of rotatable bonds is 4. The van der Waals surface area contributed by atoms with Crippen molar-refractivity contribution in [2.24, 2.45) is 5.16 Å². The summed E-state index contributed by atoms with van der Waals surface area (Å²) in [5.74, 6) is 0.595. The number of benzene rings is 2. The van der Waals surface area contributed by atoms with Crippen LogP contribution in [0.15, 0.2) is 47.6 Å². The van der Waals surface area contributed by atoms with Crippen LogP contribution in [-0.2, 0) is 6.61 Å². The Morgan fingerprint density at radius 2 is 1.74 bits per heavy atom. The molecule has 0 atom stereocenters. The van der Waals surface area contributed by atoms with Gasteiger partial charge >= 0.3 is 0 Å². The lowest BCUT2D eigenvalue weighted by atomic mass is 10.2. The molecule has 0 aliphatic rings. The third-order valence-corrected chi connectivity index (χ3v) is 2.96. The Kier molecular flexibility index (Phi) is 4.66. The van der Waals surface area contributed by atoms with E-state index in [-0.39, 0.29) is 0 Å². The molecular formula is C14H11Cl2NO2. The second-order valence-electron chi connectivity index (χ2n) is 3.84. The number of halogens is 2. The van der Waals surface area contributed by atoms with Crippen LogP contribution in [0.3, 0.4) is 0 Å². The molecule has 5 heteroatoms. The minimum Gasteiger partial charge on any atom is -0.488 e. The van der Waals surface area contributed by atoms with E-state index in [1.54, 1.807) is 30.3 Å². The van der Waals surface area contributed by atoms with Gasteiger partial charge in [0.1, 0.15) is 12.4 Å². The predicted molar refractivity (Wildman–Crippen MR) is 76.6 cm³/mol. The van der Waals surface area contributed by atoms with E-state index >= 15 is 0 Å². The Labute approximate surface area is 121 Å². The summed E-state index contributed by atoms with van der Waals surface area (Å²) in [6.07, 6.45) is 1.28. The molecule has 0 amide bonds. The molecule has 0 heterocycles. The summed E-state index contributed by atoms with van der Waals surface area (Å²) in [5, 5.41) is 12.8. The van der Waals surface area contributed by atoms with Gasteiger partial charge in [0.2, 0.25) is 0 Å². The maximum Gasteiger partial charge on any atom is 0.128 e. The molecular weight excluding hydrogens is 285 g/mol. The highest BCUT2D eigenvalue weighted by Crippen LogP contribution is 2.22. The minimum absolute atomic E-state index is 0.394. The molecule has 0 bridgehead atoms. The molecule has 2 aromatic carbocycles. The van der Waals surface area contributed by atoms with Crippen molar-refractivity contribution in [1.29, 1.82) is 0 Å². The van der Waals surface area contributed by atoms with E-state index in [9.17, 15) is 0 Å². The molecule has 0 unspecified atom stereocenters. The summed E-state index contributed by atoms with van der Waals surface area (Å²) in [6.45, 7) is 0.394. The molecule has 0 saturated carbocycles. The Morgan fingerprint density at radius 1 is 1.05 bits per heavy atom. The lowest BCUT2D eigenvalue weighted by Crippen LogP contribution is -1.98. The van der Waals surface area contributed by atoms with E-state index in [2.05, 4.69) is 5.16 Å². The Morgan fingerprint density at radius 3 is 2.42 bits per heavy atom. The fraction of sp³-hybridized carbons (Fsp3) is 0.0714. The first-order chi connectivity index (χ1) is 9.19. The predicted octanol–water partition coefficient (Wildman–Crippen LogP) is 4.38. The summed E-state index contributed by atoms with van der Waals surface area (Å²) in [7, 11) is 0. The van der Waals surface area contributed by atoms with Crippen molar-refractivity contribution < 1.29 is 9.94 Å². The summed E-state index contributed by atoms with van der Waals surface area (Å²) in [4.78, 5) is 0. The van der Waals surface area contributed by atoms with E-state index < -0.39 is 0 Å². The molecule has 2 aromatic rings. The average molecular weight is 296 g/mol. The molecule has 3 nitrogen and oxygen atoms in total. The van der Waals surface area contributed by atoms with Crippen molar-refractivity contribution >= 4 is 29.4 Å². The second kappa shape index (κ2) is 6.45. The maximum absolute atomic E-state index is 8.61. The Balaban J connectivity index is 2.12. The number of nitrogens with zero attached hydrogens (tertiary/aromatic N) is 1.